The molecule has 2 N–H and O–H groups in total. The standard InChI is InChI=1S/C17H15FN2O3S/c18-12-3-5-13(6-4-12)24-10-15(24)14(8-16(21)22)20-17(23)11-2-1-7-19-9-11/h1-7,9,14H,8,10H2,(H,20,23)(H,21,22). The number of pyridine rings is 1. The molecule has 124 valence electrons. The van der Waals surface area contributed by atoms with Gasteiger partial charge in [0.25, 0.3) is 5.91 Å². The van der Waals surface area contributed by atoms with E-state index in [0.717, 1.165) is 15.5 Å². The molecule has 2 aromatic rings. The number of nitrogens with zero attached hydrogens (tertiary/aromatic N) is 1. The van der Waals surface area contributed by atoms with Gasteiger partial charge in [0.05, 0.1) is 18.0 Å². The molecule has 0 radical (unpaired) electrons. The molecule has 3 rings (SSSR count). The molecule has 0 spiro atoms. The highest BCUT2D eigenvalue weighted by Gasteiger charge is 2.32. The van der Waals surface area contributed by atoms with Crippen molar-refractivity contribution in [3.63, 3.8) is 0 Å². The Hall–Kier alpha value is -2.54. The number of hydrogen-bond donors (Lipinski definition) is 2. The van der Waals surface area contributed by atoms with Gasteiger partial charge in [-0.05, 0) is 41.3 Å². The second-order valence-corrected chi connectivity index (χ2v) is 7.39. The fraction of sp³-hybridized carbons (Fsp3) is 0.176. The molecule has 2 heterocycles. The molecule has 0 bridgehead atoms. The number of amides is 1. The maximum Gasteiger partial charge on any atom is 0.305 e. The van der Waals surface area contributed by atoms with Gasteiger partial charge in [-0.2, -0.15) is 0 Å². The van der Waals surface area contributed by atoms with Crippen LogP contribution in [-0.2, 0) is 4.79 Å². The first-order valence-corrected chi connectivity index (χ1v) is 8.69. The molecule has 2 unspecified atom stereocenters. The van der Waals surface area contributed by atoms with Gasteiger partial charge in [0.2, 0.25) is 0 Å². The Morgan fingerprint density at radius 2 is 2.04 bits per heavy atom. The molecule has 2 atom stereocenters. The molecular weight excluding hydrogens is 331 g/mol. The molecule has 0 aliphatic carbocycles. The van der Waals surface area contributed by atoms with Gasteiger partial charge in [0.1, 0.15) is 5.82 Å². The monoisotopic (exact) mass is 346 g/mol. The lowest BCUT2D eigenvalue weighted by Gasteiger charge is -2.13. The minimum Gasteiger partial charge on any atom is -0.481 e. The average molecular weight is 346 g/mol. The number of carbonyl (C=O) groups excluding carboxylic acids is 1. The summed E-state index contributed by atoms with van der Waals surface area (Å²) in [5, 5.41) is 11.9. The van der Waals surface area contributed by atoms with E-state index in [0.29, 0.717) is 5.56 Å². The molecule has 5 nitrogen and oxygen atoms in total. The number of hydrogen-bond acceptors (Lipinski definition) is 3. The maximum atomic E-state index is 13.0. The van der Waals surface area contributed by atoms with E-state index in [9.17, 15) is 14.0 Å². The van der Waals surface area contributed by atoms with Crippen molar-refractivity contribution in [2.24, 2.45) is 0 Å². The third-order valence-electron chi connectivity index (χ3n) is 3.61. The van der Waals surface area contributed by atoms with Crippen LogP contribution in [0.5, 0.6) is 0 Å². The summed E-state index contributed by atoms with van der Waals surface area (Å²) in [7, 11) is -0.238. The summed E-state index contributed by atoms with van der Waals surface area (Å²) in [4.78, 5) is 29.2. The van der Waals surface area contributed by atoms with E-state index < -0.39 is 12.0 Å². The van der Waals surface area contributed by atoms with Gasteiger partial charge in [-0.3, -0.25) is 14.6 Å². The number of carboxylic acid groups (broad SMARTS) is 1. The zero-order valence-corrected chi connectivity index (χ0v) is 13.4. The first-order valence-electron chi connectivity index (χ1n) is 7.29. The molecule has 1 amide bonds. The van der Waals surface area contributed by atoms with E-state index in [-0.39, 0.29) is 28.6 Å². The summed E-state index contributed by atoms with van der Waals surface area (Å²) in [6, 6.07) is 8.91. The van der Waals surface area contributed by atoms with Crippen LogP contribution in [0.4, 0.5) is 4.39 Å². The zero-order chi connectivity index (χ0) is 17.1. The maximum absolute atomic E-state index is 13.0. The van der Waals surface area contributed by atoms with Gasteiger partial charge in [0.15, 0.2) is 0 Å². The lowest BCUT2D eigenvalue weighted by atomic mass is 10.1. The van der Waals surface area contributed by atoms with Crippen LogP contribution < -0.4 is 5.32 Å². The largest absolute Gasteiger partial charge is 0.481 e. The van der Waals surface area contributed by atoms with Gasteiger partial charge in [0, 0.05) is 23.0 Å². The van der Waals surface area contributed by atoms with E-state index in [1.54, 1.807) is 30.5 Å². The third kappa shape index (κ3) is 3.86. The lowest BCUT2D eigenvalue weighted by molar-refractivity contribution is -0.137. The highest BCUT2D eigenvalue weighted by atomic mass is 32.2. The number of aliphatic carboxylic acids is 1. The fourth-order valence-electron chi connectivity index (χ4n) is 2.38. The van der Waals surface area contributed by atoms with E-state index in [2.05, 4.69) is 10.3 Å². The molecule has 0 saturated carbocycles. The summed E-state index contributed by atoms with van der Waals surface area (Å²) in [5.74, 6) is -0.917. The van der Waals surface area contributed by atoms with Crippen LogP contribution in [0.2, 0.25) is 0 Å². The van der Waals surface area contributed by atoms with E-state index in [4.69, 9.17) is 5.11 Å². The zero-order valence-electron chi connectivity index (χ0n) is 12.6. The third-order valence-corrected chi connectivity index (χ3v) is 5.76. The number of carboxylic acids is 1. The molecule has 1 aromatic carbocycles. The van der Waals surface area contributed by atoms with Crippen LogP contribution in [0.1, 0.15) is 16.8 Å². The second-order valence-electron chi connectivity index (χ2n) is 5.32. The molecule has 1 aliphatic heterocycles. The van der Waals surface area contributed by atoms with E-state index in [1.165, 1.54) is 18.3 Å². The quantitative estimate of drug-likeness (QED) is 0.787. The summed E-state index contributed by atoms with van der Waals surface area (Å²) in [5.41, 5.74) is 0.385. The number of aromatic nitrogens is 1. The van der Waals surface area contributed by atoms with Crippen LogP contribution >= 0.6 is 10.5 Å². The van der Waals surface area contributed by atoms with Crippen molar-refractivity contribution in [3.8, 4) is 0 Å². The molecular formula is C17H15FN2O3S. The van der Waals surface area contributed by atoms with Gasteiger partial charge < -0.3 is 10.4 Å². The van der Waals surface area contributed by atoms with Crippen molar-refractivity contribution < 1.29 is 19.1 Å². The topological polar surface area (TPSA) is 79.3 Å². The first kappa shape index (κ1) is 16.3. The van der Waals surface area contributed by atoms with Crippen molar-refractivity contribution in [2.45, 2.75) is 17.4 Å². The Kier molecular flexibility index (Phi) is 4.71. The average Bonchev–Trinajstić information content (AvgIpc) is 3.36. The Labute approximate surface area is 140 Å². The van der Waals surface area contributed by atoms with Crippen LogP contribution in [-0.4, -0.2) is 38.6 Å². The van der Waals surface area contributed by atoms with Gasteiger partial charge in [-0.1, -0.05) is 0 Å². The molecule has 1 aliphatic rings. The summed E-state index contributed by atoms with van der Waals surface area (Å²) in [6.07, 6.45) is 2.82. The Morgan fingerprint density at radius 1 is 1.29 bits per heavy atom. The number of carbonyl (C=O) groups is 2. The number of halogens is 1. The number of rotatable bonds is 6. The van der Waals surface area contributed by atoms with Gasteiger partial charge in [-0.25, -0.2) is 4.39 Å². The molecule has 1 aromatic heterocycles. The SMILES string of the molecule is O=C(O)CC(NC(=O)c1cccnc1)C1=S(c2ccc(F)cc2)C1. The van der Waals surface area contributed by atoms with Crippen LogP contribution in [0.15, 0.2) is 53.7 Å². The van der Waals surface area contributed by atoms with Crippen LogP contribution in [0.25, 0.3) is 0 Å². The smallest absolute Gasteiger partial charge is 0.305 e. The van der Waals surface area contributed by atoms with Crippen molar-refractivity contribution in [1.29, 1.82) is 0 Å². The minimum absolute atomic E-state index is 0.175. The first-order chi connectivity index (χ1) is 11.5. The molecule has 7 heteroatoms. The van der Waals surface area contributed by atoms with Crippen LogP contribution in [0, 0.1) is 5.82 Å². The van der Waals surface area contributed by atoms with Crippen molar-refractivity contribution in [2.75, 3.05) is 5.75 Å². The normalized spacial score (nSPS) is 17.2. The number of benzene rings is 1. The molecule has 24 heavy (non-hydrogen) atoms. The lowest BCUT2D eigenvalue weighted by Crippen LogP contribution is -2.39. The Balaban J connectivity index is 1.79. The molecule has 0 saturated heterocycles. The predicted octanol–water partition coefficient (Wildman–Crippen LogP) is 2.31. The second kappa shape index (κ2) is 6.92. The minimum atomic E-state index is -0.978. The highest BCUT2D eigenvalue weighted by molar-refractivity contribution is 8.24. The summed E-state index contributed by atoms with van der Waals surface area (Å²) < 4.78 is 13.0. The highest BCUT2D eigenvalue weighted by Crippen LogP contribution is 2.41. The van der Waals surface area contributed by atoms with E-state index in [1.807, 2.05) is 0 Å². The van der Waals surface area contributed by atoms with Gasteiger partial charge >= 0.3 is 5.97 Å². The van der Waals surface area contributed by atoms with Crippen molar-refractivity contribution >= 4 is 27.2 Å². The fourth-order valence-corrected chi connectivity index (χ4v) is 4.40. The number of nitrogens with one attached hydrogen (secondary N) is 1. The summed E-state index contributed by atoms with van der Waals surface area (Å²) >= 11 is 0. The Bertz CT molecular complexity index is 806. The van der Waals surface area contributed by atoms with Gasteiger partial charge in [-0.15, -0.1) is 10.5 Å². The van der Waals surface area contributed by atoms with E-state index >= 15 is 0 Å². The van der Waals surface area contributed by atoms with Crippen molar-refractivity contribution in [3.05, 3.63) is 60.2 Å². The molecule has 0 fully saturated rings. The Morgan fingerprint density at radius 3 is 2.67 bits per heavy atom. The van der Waals surface area contributed by atoms with Crippen molar-refractivity contribution in [1.82, 2.24) is 10.3 Å². The summed E-state index contributed by atoms with van der Waals surface area (Å²) in [6.45, 7) is 0. The predicted molar refractivity (Wildman–Crippen MR) is 89.9 cm³/mol. The van der Waals surface area contributed by atoms with Crippen LogP contribution in [0.3, 0.4) is 0 Å².